The average molecular weight is 547 g/mol. The zero-order valence-electron chi connectivity index (χ0n) is 21.3. The molecule has 1 unspecified atom stereocenters. The highest BCUT2D eigenvalue weighted by Crippen LogP contribution is 2.39. The number of pyridine rings is 1. The summed E-state index contributed by atoms with van der Waals surface area (Å²) in [5.41, 5.74) is 2.47. The van der Waals surface area contributed by atoms with Crippen LogP contribution < -0.4 is 10.9 Å². The third-order valence-electron chi connectivity index (χ3n) is 6.46. The molecule has 1 N–H and O–H groups in total. The Balaban J connectivity index is 1.79. The SMILES string of the molecule is CCCn1c(NCc2ccc(F)cc2)c(/C=C2/SC(=S)N(C(C)c3ccccc3)C2=O)c(C)c(C#N)c1=O. The number of rotatable bonds is 8. The van der Waals surface area contributed by atoms with Crippen LogP contribution in [0.1, 0.15) is 54.1 Å². The molecule has 0 aliphatic carbocycles. The van der Waals surface area contributed by atoms with Crippen molar-refractivity contribution in [3.05, 3.63) is 103 Å². The van der Waals surface area contributed by atoms with E-state index in [1.165, 1.54) is 28.5 Å². The van der Waals surface area contributed by atoms with E-state index in [0.29, 0.717) is 45.7 Å². The predicted molar refractivity (Wildman–Crippen MR) is 154 cm³/mol. The lowest BCUT2D eigenvalue weighted by atomic mass is 10.0. The molecule has 0 saturated carbocycles. The molecule has 0 spiro atoms. The first kappa shape index (κ1) is 27.3. The average Bonchev–Trinajstić information content (AvgIpc) is 3.20. The van der Waals surface area contributed by atoms with E-state index in [2.05, 4.69) is 5.32 Å². The summed E-state index contributed by atoms with van der Waals surface area (Å²) in [5, 5.41) is 13.1. The standard InChI is InChI=1S/C29H27FN4O2S2/c1-4-14-33-26(32-17-20-10-12-22(30)13-11-20)23(18(2)24(16-31)27(33)35)15-25-28(36)34(29(37)38-25)19(3)21-8-6-5-7-9-21/h5-13,15,19,32H,4,14,17H2,1-3H3/b25-15+. The van der Waals surface area contributed by atoms with Crippen LogP contribution in [-0.2, 0) is 17.9 Å². The van der Waals surface area contributed by atoms with Crippen molar-refractivity contribution in [3.63, 3.8) is 0 Å². The molecule has 3 aromatic rings. The summed E-state index contributed by atoms with van der Waals surface area (Å²) in [7, 11) is 0. The third kappa shape index (κ3) is 5.42. The Kier molecular flexibility index (Phi) is 8.45. The zero-order chi connectivity index (χ0) is 27.4. The lowest BCUT2D eigenvalue weighted by Gasteiger charge is -2.23. The molecule has 2 heterocycles. The molecule has 6 nitrogen and oxygen atoms in total. The second-order valence-corrected chi connectivity index (χ2v) is 10.6. The van der Waals surface area contributed by atoms with E-state index in [1.54, 1.807) is 30.0 Å². The second-order valence-electron chi connectivity index (χ2n) is 8.95. The summed E-state index contributed by atoms with van der Waals surface area (Å²) in [6.07, 6.45) is 2.38. The Labute approximate surface area is 230 Å². The fraction of sp³-hybridized carbons (Fsp3) is 0.241. The lowest BCUT2D eigenvalue weighted by molar-refractivity contribution is -0.123. The van der Waals surface area contributed by atoms with E-state index in [9.17, 15) is 19.2 Å². The molecule has 9 heteroatoms. The first-order chi connectivity index (χ1) is 18.3. The van der Waals surface area contributed by atoms with Crippen molar-refractivity contribution in [2.45, 2.75) is 46.3 Å². The second kappa shape index (κ2) is 11.8. The molecule has 2 aromatic carbocycles. The van der Waals surface area contributed by atoms with Crippen LogP contribution in [0.3, 0.4) is 0 Å². The minimum absolute atomic E-state index is 0.0326. The lowest BCUT2D eigenvalue weighted by Crippen LogP contribution is -2.31. The molecule has 38 heavy (non-hydrogen) atoms. The van der Waals surface area contributed by atoms with Gasteiger partial charge < -0.3 is 5.32 Å². The summed E-state index contributed by atoms with van der Waals surface area (Å²) in [5.74, 6) is -0.0654. The molecule has 0 bridgehead atoms. The Morgan fingerprint density at radius 3 is 2.47 bits per heavy atom. The van der Waals surface area contributed by atoms with Crippen LogP contribution in [0.2, 0.25) is 0 Å². The summed E-state index contributed by atoms with van der Waals surface area (Å²) >= 11 is 6.79. The van der Waals surface area contributed by atoms with Crippen molar-refractivity contribution in [2.75, 3.05) is 5.32 Å². The highest BCUT2D eigenvalue weighted by atomic mass is 32.2. The third-order valence-corrected chi connectivity index (χ3v) is 7.79. The van der Waals surface area contributed by atoms with Gasteiger partial charge in [-0.05, 0) is 55.2 Å². The number of thiocarbonyl (C=S) groups is 1. The highest BCUT2D eigenvalue weighted by Gasteiger charge is 2.36. The number of nitrogens with one attached hydrogen (secondary N) is 1. The Bertz CT molecular complexity index is 1510. The van der Waals surface area contributed by atoms with Crippen LogP contribution in [-0.4, -0.2) is 19.7 Å². The molecular formula is C29H27FN4O2S2. The monoisotopic (exact) mass is 546 g/mol. The van der Waals surface area contributed by atoms with Gasteiger partial charge in [0.1, 0.15) is 27.6 Å². The summed E-state index contributed by atoms with van der Waals surface area (Å²) in [6, 6.07) is 17.5. The molecular weight excluding hydrogens is 519 g/mol. The number of hydrogen-bond donors (Lipinski definition) is 1. The van der Waals surface area contributed by atoms with E-state index in [0.717, 1.165) is 11.1 Å². The molecule has 1 fully saturated rings. The Morgan fingerprint density at radius 1 is 1.16 bits per heavy atom. The number of nitrogens with zero attached hydrogens (tertiary/aromatic N) is 3. The number of anilines is 1. The summed E-state index contributed by atoms with van der Waals surface area (Å²) < 4.78 is 15.4. The molecule has 1 amide bonds. The fourth-order valence-electron chi connectivity index (χ4n) is 4.40. The van der Waals surface area contributed by atoms with Gasteiger partial charge in [-0.2, -0.15) is 5.26 Å². The Morgan fingerprint density at radius 2 is 1.84 bits per heavy atom. The van der Waals surface area contributed by atoms with Gasteiger partial charge in [0.05, 0.1) is 10.9 Å². The number of thioether (sulfide) groups is 1. The maximum atomic E-state index is 13.6. The van der Waals surface area contributed by atoms with Crippen molar-refractivity contribution in [2.24, 2.45) is 0 Å². The maximum Gasteiger partial charge on any atom is 0.270 e. The van der Waals surface area contributed by atoms with Gasteiger partial charge in [-0.1, -0.05) is 73.4 Å². The van der Waals surface area contributed by atoms with Gasteiger partial charge in [0, 0.05) is 18.7 Å². The van der Waals surface area contributed by atoms with E-state index in [1.807, 2.05) is 50.2 Å². The number of benzene rings is 2. The molecule has 1 aliphatic heterocycles. The predicted octanol–water partition coefficient (Wildman–Crippen LogP) is 6.15. The topological polar surface area (TPSA) is 78.1 Å². The first-order valence-corrected chi connectivity index (χ1v) is 13.5. The van der Waals surface area contributed by atoms with Crippen molar-refractivity contribution >= 4 is 46.1 Å². The van der Waals surface area contributed by atoms with Gasteiger partial charge >= 0.3 is 0 Å². The molecule has 4 rings (SSSR count). The smallest absolute Gasteiger partial charge is 0.270 e. The molecule has 1 aliphatic rings. The number of aromatic nitrogens is 1. The van der Waals surface area contributed by atoms with E-state index in [-0.39, 0.29) is 23.3 Å². The van der Waals surface area contributed by atoms with Gasteiger partial charge in [0.25, 0.3) is 11.5 Å². The number of hydrogen-bond acceptors (Lipinski definition) is 6. The zero-order valence-corrected chi connectivity index (χ0v) is 23.0. The van der Waals surface area contributed by atoms with Crippen LogP contribution in [0.25, 0.3) is 6.08 Å². The van der Waals surface area contributed by atoms with Gasteiger partial charge in [0.15, 0.2) is 0 Å². The Hall–Kier alpha value is -3.74. The fourth-order valence-corrected chi connectivity index (χ4v) is 5.80. The van der Waals surface area contributed by atoms with Gasteiger partial charge in [-0.15, -0.1) is 0 Å². The van der Waals surface area contributed by atoms with E-state index < -0.39 is 5.56 Å². The van der Waals surface area contributed by atoms with E-state index in [4.69, 9.17) is 12.2 Å². The number of halogens is 1. The molecule has 1 aromatic heterocycles. The van der Waals surface area contributed by atoms with Crippen LogP contribution in [0.5, 0.6) is 0 Å². The summed E-state index contributed by atoms with van der Waals surface area (Å²) in [6.45, 7) is 6.28. The largest absolute Gasteiger partial charge is 0.367 e. The number of amides is 1. The highest BCUT2D eigenvalue weighted by molar-refractivity contribution is 8.26. The first-order valence-electron chi connectivity index (χ1n) is 12.2. The molecule has 1 atom stereocenters. The number of carbonyl (C=O) groups excluding carboxylic acids is 1. The van der Waals surface area contributed by atoms with E-state index >= 15 is 0 Å². The van der Waals surface area contributed by atoms with Crippen LogP contribution in [0.4, 0.5) is 10.2 Å². The molecule has 194 valence electrons. The maximum absolute atomic E-state index is 13.6. The summed E-state index contributed by atoms with van der Waals surface area (Å²) in [4.78, 5) is 28.8. The minimum atomic E-state index is -0.393. The van der Waals surface area contributed by atoms with Gasteiger partial charge in [0.2, 0.25) is 0 Å². The van der Waals surface area contributed by atoms with Gasteiger partial charge in [-0.3, -0.25) is 19.1 Å². The van der Waals surface area contributed by atoms with Crippen molar-refractivity contribution in [1.29, 1.82) is 5.26 Å². The van der Waals surface area contributed by atoms with Crippen LogP contribution in [0.15, 0.2) is 64.3 Å². The van der Waals surface area contributed by atoms with Crippen molar-refractivity contribution in [3.8, 4) is 6.07 Å². The number of carbonyl (C=O) groups is 1. The minimum Gasteiger partial charge on any atom is -0.367 e. The van der Waals surface area contributed by atoms with Crippen molar-refractivity contribution in [1.82, 2.24) is 9.47 Å². The normalized spacial score (nSPS) is 15.1. The number of nitriles is 1. The molecule has 0 radical (unpaired) electrons. The van der Waals surface area contributed by atoms with Crippen molar-refractivity contribution < 1.29 is 9.18 Å². The van der Waals surface area contributed by atoms with Gasteiger partial charge in [-0.25, -0.2) is 4.39 Å². The molecule has 1 saturated heterocycles. The quantitative estimate of drug-likeness (QED) is 0.270. The van der Waals surface area contributed by atoms with Crippen LogP contribution >= 0.6 is 24.0 Å². The van der Waals surface area contributed by atoms with Crippen LogP contribution in [0, 0.1) is 24.1 Å².